The SMILES string of the molecule is CC(C)SC1CC(=O)N(C(C)S)C1=O. The molecule has 3 nitrogen and oxygen atoms in total. The number of likely N-dealkylation sites (tertiary alicyclic amines) is 1. The van der Waals surface area contributed by atoms with Crippen LogP contribution >= 0.6 is 24.4 Å². The molecule has 2 atom stereocenters. The third-order valence-corrected chi connectivity index (χ3v) is 3.42. The van der Waals surface area contributed by atoms with Gasteiger partial charge in [-0.3, -0.25) is 14.5 Å². The van der Waals surface area contributed by atoms with Gasteiger partial charge in [-0.15, -0.1) is 11.8 Å². The molecular weight excluding hydrogens is 218 g/mol. The van der Waals surface area contributed by atoms with E-state index in [0.717, 1.165) is 0 Å². The standard InChI is InChI=1S/C9H15NO2S2/c1-5(2)14-7-4-8(11)10(6(3)13)9(7)12/h5-7,13H,4H2,1-3H3. The average Bonchev–Trinajstić information content (AvgIpc) is 2.25. The van der Waals surface area contributed by atoms with Gasteiger partial charge in [-0.1, -0.05) is 13.8 Å². The van der Waals surface area contributed by atoms with Crippen molar-refractivity contribution in [3.63, 3.8) is 0 Å². The Balaban J connectivity index is 2.69. The molecule has 0 spiro atoms. The fourth-order valence-corrected chi connectivity index (χ4v) is 2.82. The fourth-order valence-electron chi connectivity index (χ4n) is 1.45. The van der Waals surface area contributed by atoms with Gasteiger partial charge in [-0.05, 0) is 12.2 Å². The number of thiol groups is 1. The molecule has 14 heavy (non-hydrogen) atoms. The molecule has 2 amide bonds. The molecule has 1 heterocycles. The van der Waals surface area contributed by atoms with E-state index in [1.165, 1.54) is 4.90 Å². The highest BCUT2D eigenvalue weighted by molar-refractivity contribution is 8.01. The third kappa shape index (κ3) is 2.45. The maximum atomic E-state index is 11.7. The molecule has 0 aromatic heterocycles. The summed E-state index contributed by atoms with van der Waals surface area (Å²) < 4.78 is 0. The zero-order chi connectivity index (χ0) is 10.9. The van der Waals surface area contributed by atoms with E-state index >= 15 is 0 Å². The molecule has 0 aliphatic carbocycles. The van der Waals surface area contributed by atoms with Crippen LogP contribution in [-0.4, -0.2) is 32.6 Å². The van der Waals surface area contributed by atoms with Gasteiger partial charge in [0.1, 0.15) is 0 Å². The van der Waals surface area contributed by atoms with Gasteiger partial charge in [0.2, 0.25) is 11.8 Å². The van der Waals surface area contributed by atoms with E-state index in [-0.39, 0.29) is 22.4 Å². The molecule has 0 N–H and O–H groups in total. The van der Waals surface area contributed by atoms with Crippen LogP contribution in [0.15, 0.2) is 0 Å². The molecule has 0 aromatic carbocycles. The smallest absolute Gasteiger partial charge is 0.243 e. The van der Waals surface area contributed by atoms with Gasteiger partial charge < -0.3 is 0 Å². The molecule has 80 valence electrons. The number of rotatable bonds is 3. The maximum Gasteiger partial charge on any atom is 0.243 e. The summed E-state index contributed by atoms with van der Waals surface area (Å²) >= 11 is 5.67. The van der Waals surface area contributed by atoms with Crippen LogP contribution in [0.5, 0.6) is 0 Å². The lowest BCUT2D eigenvalue weighted by Gasteiger charge is -2.18. The van der Waals surface area contributed by atoms with E-state index in [2.05, 4.69) is 12.6 Å². The summed E-state index contributed by atoms with van der Waals surface area (Å²) in [5, 5.41) is -0.142. The van der Waals surface area contributed by atoms with Crippen molar-refractivity contribution in [3.05, 3.63) is 0 Å². The van der Waals surface area contributed by atoms with Crippen LogP contribution < -0.4 is 0 Å². The number of thioether (sulfide) groups is 1. The summed E-state index contributed by atoms with van der Waals surface area (Å²) in [6, 6.07) is 0. The van der Waals surface area contributed by atoms with Crippen LogP contribution in [0.1, 0.15) is 27.2 Å². The Kier molecular flexibility index (Phi) is 3.89. The van der Waals surface area contributed by atoms with E-state index < -0.39 is 0 Å². The van der Waals surface area contributed by atoms with Crippen molar-refractivity contribution >= 4 is 36.2 Å². The Hall–Kier alpha value is -0.160. The molecule has 1 fully saturated rings. The zero-order valence-corrected chi connectivity index (χ0v) is 10.3. The largest absolute Gasteiger partial charge is 0.274 e. The highest BCUT2D eigenvalue weighted by Gasteiger charge is 2.40. The van der Waals surface area contributed by atoms with Gasteiger partial charge in [0.15, 0.2) is 0 Å². The Labute approximate surface area is 94.0 Å². The van der Waals surface area contributed by atoms with Crippen LogP contribution in [0, 0.1) is 0 Å². The fraction of sp³-hybridized carbons (Fsp3) is 0.778. The lowest BCUT2D eigenvalue weighted by Crippen LogP contribution is -2.36. The minimum atomic E-state index is -0.312. The first kappa shape index (κ1) is 11.9. The molecule has 0 saturated carbocycles. The normalized spacial score (nSPS) is 24.9. The van der Waals surface area contributed by atoms with E-state index in [4.69, 9.17) is 0 Å². The number of nitrogens with zero attached hydrogens (tertiary/aromatic N) is 1. The van der Waals surface area contributed by atoms with Gasteiger partial charge >= 0.3 is 0 Å². The van der Waals surface area contributed by atoms with Crippen molar-refractivity contribution in [3.8, 4) is 0 Å². The third-order valence-electron chi connectivity index (χ3n) is 1.95. The molecule has 1 saturated heterocycles. The van der Waals surface area contributed by atoms with Gasteiger partial charge in [0, 0.05) is 6.42 Å². The van der Waals surface area contributed by atoms with E-state index in [0.29, 0.717) is 11.7 Å². The van der Waals surface area contributed by atoms with Crippen molar-refractivity contribution in [2.24, 2.45) is 0 Å². The van der Waals surface area contributed by atoms with E-state index in [1.807, 2.05) is 13.8 Å². The van der Waals surface area contributed by atoms with Crippen LogP contribution in [0.2, 0.25) is 0 Å². The number of carbonyl (C=O) groups excluding carboxylic acids is 2. The molecule has 2 unspecified atom stereocenters. The summed E-state index contributed by atoms with van der Waals surface area (Å²) in [6.45, 7) is 5.78. The van der Waals surface area contributed by atoms with Crippen molar-refractivity contribution in [1.29, 1.82) is 0 Å². The molecular formula is C9H15NO2S2. The molecule has 0 bridgehead atoms. The topological polar surface area (TPSA) is 37.4 Å². The second kappa shape index (κ2) is 4.57. The predicted octanol–water partition coefficient (Wildman–Crippen LogP) is 1.53. The number of hydrogen-bond donors (Lipinski definition) is 1. The van der Waals surface area contributed by atoms with Crippen molar-refractivity contribution < 1.29 is 9.59 Å². The Morgan fingerprint density at radius 1 is 1.43 bits per heavy atom. The number of hydrogen-bond acceptors (Lipinski definition) is 4. The van der Waals surface area contributed by atoms with Crippen LogP contribution in [0.4, 0.5) is 0 Å². The Bertz CT molecular complexity index is 253. The monoisotopic (exact) mass is 233 g/mol. The van der Waals surface area contributed by atoms with Crippen molar-refractivity contribution in [1.82, 2.24) is 4.90 Å². The van der Waals surface area contributed by atoms with E-state index in [1.54, 1.807) is 18.7 Å². The Morgan fingerprint density at radius 3 is 2.36 bits per heavy atom. The number of carbonyl (C=O) groups is 2. The Morgan fingerprint density at radius 2 is 2.00 bits per heavy atom. The summed E-state index contributed by atoms with van der Waals surface area (Å²) in [4.78, 5) is 24.4. The average molecular weight is 233 g/mol. The first-order chi connectivity index (χ1) is 6.43. The maximum absolute atomic E-state index is 11.7. The lowest BCUT2D eigenvalue weighted by atomic mass is 10.4. The van der Waals surface area contributed by atoms with Gasteiger partial charge in [-0.25, -0.2) is 0 Å². The van der Waals surface area contributed by atoms with Crippen molar-refractivity contribution in [2.75, 3.05) is 0 Å². The number of imide groups is 1. The van der Waals surface area contributed by atoms with Crippen LogP contribution in [0.25, 0.3) is 0 Å². The van der Waals surface area contributed by atoms with Crippen molar-refractivity contribution in [2.45, 2.75) is 43.1 Å². The number of amides is 2. The minimum absolute atomic E-state index is 0.0869. The highest BCUT2D eigenvalue weighted by atomic mass is 32.2. The van der Waals surface area contributed by atoms with Gasteiger partial charge in [0.05, 0.1) is 10.6 Å². The van der Waals surface area contributed by atoms with E-state index in [9.17, 15) is 9.59 Å². The highest BCUT2D eigenvalue weighted by Crippen LogP contribution is 2.29. The second-order valence-electron chi connectivity index (χ2n) is 3.61. The molecule has 5 heteroatoms. The molecule has 1 rings (SSSR count). The summed E-state index contributed by atoms with van der Waals surface area (Å²) in [5.41, 5.74) is 0. The molecule has 0 radical (unpaired) electrons. The van der Waals surface area contributed by atoms with Gasteiger partial charge in [0.25, 0.3) is 0 Å². The molecule has 1 aliphatic rings. The molecule has 0 aromatic rings. The quantitative estimate of drug-likeness (QED) is 0.593. The summed E-state index contributed by atoms with van der Waals surface area (Å²) in [7, 11) is 0. The van der Waals surface area contributed by atoms with Gasteiger partial charge in [-0.2, -0.15) is 12.6 Å². The lowest BCUT2D eigenvalue weighted by molar-refractivity contribution is -0.138. The first-order valence-corrected chi connectivity index (χ1v) is 6.08. The summed E-state index contributed by atoms with van der Waals surface area (Å²) in [6.07, 6.45) is 0.326. The van der Waals surface area contributed by atoms with Crippen LogP contribution in [-0.2, 0) is 9.59 Å². The van der Waals surface area contributed by atoms with Crippen LogP contribution in [0.3, 0.4) is 0 Å². The second-order valence-corrected chi connectivity index (χ2v) is 6.14. The zero-order valence-electron chi connectivity index (χ0n) is 8.56. The minimum Gasteiger partial charge on any atom is -0.274 e. The predicted molar refractivity (Wildman–Crippen MR) is 61.4 cm³/mol. The first-order valence-electron chi connectivity index (χ1n) is 4.63. The molecule has 1 aliphatic heterocycles. The summed E-state index contributed by atoms with van der Waals surface area (Å²) in [5.74, 6) is -0.188.